The van der Waals surface area contributed by atoms with Crippen molar-refractivity contribution < 1.29 is 23.0 Å². The van der Waals surface area contributed by atoms with E-state index in [4.69, 9.17) is 9.47 Å². The summed E-state index contributed by atoms with van der Waals surface area (Å²) in [5.74, 6) is -1.71. The molecule has 0 N–H and O–H groups in total. The second kappa shape index (κ2) is 11.3. The van der Waals surface area contributed by atoms with Crippen LogP contribution in [-0.2, 0) is 4.74 Å². The van der Waals surface area contributed by atoms with E-state index in [0.29, 0.717) is 0 Å². The molecule has 0 atom stereocenters. The summed E-state index contributed by atoms with van der Waals surface area (Å²) in [6.07, 6.45) is 9.12. The molecule has 0 spiro atoms. The molecule has 1 saturated heterocycles. The minimum atomic E-state index is -1.19. The van der Waals surface area contributed by atoms with Gasteiger partial charge in [0.2, 0.25) is 5.82 Å². The normalized spacial score (nSPS) is 26.9. The first kappa shape index (κ1) is 23.2. The number of hydrogen-bond donors (Lipinski definition) is 0. The average Bonchev–Trinajstić information content (AvgIpc) is 2.76. The van der Waals surface area contributed by atoms with Crippen LogP contribution in [0, 0.1) is 23.5 Å². The zero-order chi connectivity index (χ0) is 21.5. The maximum Gasteiger partial charge on any atom is 0.341 e. The van der Waals surface area contributed by atoms with Gasteiger partial charge in [-0.2, -0.15) is 4.39 Å². The van der Waals surface area contributed by atoms with Crippen molar-refractivity contribution in [3.8, 4) is 5.75 Å². The first-order valence-corrected chi connectivity index (χ1v) is 14.3. The Morgan fingerprint density at radius 3 is 2.30 bits per heavy atom. The summed E-state index contributed by atoms with van der Waals surface area (Å²) in [6, 6.07) is 7.06. The second-order valence-corrected chi connectivity index (χ2v) is 12.5. The van der Waals surface area contributed by atoms with E-state index in [0.717, 1.165) is 37.5 Å². The van der Waals surface area contributed by atoms with Crippen molar-refractivity contribution in [3.63, 3.8) is 0 Å². The molecule has 0 radical (unpaired) electrons. The zero-order valence-electron chi connectivity index (χ0n) is 18.4. The highest BCUT2D eigenvalue weighted by molar-refractivity contribution is 6.58. The Bertz CT molecular complexity index is 696. The molecule has 1 saturated carbocycles. The van der Waals surface area contributed by atoms with Crippen LogP contribution >= 0.6 is 0 Å². The lowest BCUT2D eigenvalue weighted by Gasteiger charge is -2.37. The lowest BCUT2D eigenvalue weighted by Crippen LogP contribution is -2.31. The fourth-order valence-corrected chi connectivity index (χ4v) is 8.94. The Hall–Kier alpha value is -1.43. The number of unbranched alkanes of at least 4 members (excludes halogenated alkanes) is 1. The fraction of sp³-hybridized carbons (Fsp3) is 0.708. The van der Waals surface area contributed by atoms with E-state index in [9.17, 15) is 13.6 Å². The maximum absolute atomic E-state index is 14.3. The SMILES string of the molecule is CCCC[SiH]1CCC(C2CCC(OC(=O)c3ccc(OCC)c(F)c3F)CC2)CC1. The highest BCUT2D eigenvalue weighted by Crippen LogP contribution is 2.40. The molecule has 6 heteroatoms. The van der Waals surface area contributed by atoms with Crippen LogP contribution < -0.4 is 4.74 Å². The van der Waals surface area contributed by atoms with Crippen molar-refractivity contribution in [1.29, 1.82) is 0 Å². The number of benzene rings is 1. The van der Waals surface area contributed by atoms with E-state index in [1.165, 1.54) is 55.9 Å². The van der Waals surface area contributed by atoms with E-state index >= 15 is 0 Å². The number of esters is 1. The molecule has 1 aliphatic carbocycles. The van der Waals surface area contributed by atoms with Gasteiger partial charge in [0, 0.05) is 8.80 Å². The number of ether oxygens (including phenoxy) is 2. The van der Waals surface area contributed by atoms with E-state index in [-0.39, 0.29) is 24.0 Å². The summed E-state index contributed by atoms with van der Waals surface area (Å²) >= 11 is 0. The molecular weight excluding hydrogens is 402 g/mol. The Morgan fingerprint density at radius 2 is 1.67 bits per heavy atom. The average molecular weight is 439 g/mol. The summed E-state index contributed by atoms with van der Waals surface area (Å²) in [5.41, 5.74) is -0.353. The third-order valence-electron chi connectivity index (χ3n) is 7.08. The number of carbonyl (C=O) groups excluding carboxylic acids is 1. The molecule has 0 aromatic heterocycles. The molecule has 0 unspecified atom stereocenters. The van der Waals surface area contributed by atoms with Gasteiger partial charge in [-0.05, 0) is 56.6 Å². The van der Waals surface area contributed by atoms with E-state index in [1.807, 2.05) is 0 Å². The third kappa shape index (κ3) is 5.83. The first-order chi connectivity index (χ1) is 14.5. The van der Waals surface area contributed by atoms with Gasteiger partial charge in [0.05, 0.1) is 12.2 Å². The zero-order valence-corrected chi connectivity index (χ0v) is 19.6. The van der Waals surface area contributed by atoms with Crippen LogP contribution in [0.15, 0.2) is 12.1 Å². The van der Waals surface area contributed by atoms with Crippen LogP contribution in [-0.4, -0.2) is 27.5 Å². The monoisotopic (exact) mass is 438 g/mol. The Kier molecular flexibility index (Phi) is 8.72. The van der Waals surface area contributed by atoms with Gasteiger partial charge in [-0.3, -0.25) is 0 Å². The van der Waals surface area contributed by atoms with Gasteiger partial charge in [-0.15, -0.1) is 0 Å². The minimum Gasteiger partial charge on any atom is -0.491 e. The molecule has 2 aliphatic rings. The maximum atomic E-state index is 14.3. The molecule has 168 valence electrons. The lowest BCUT2D eigenvalue weighted by molar-refractivity contribution is 0.0121. The molecular formula is C24H36F2O3Si. The van der Waals surface area contributed by atoms with Crippen LogP contribution in [0.25, 0.3) is 0 Å². The highest BCUT2D eigenvalue weighted by Gasteiger charge is 2.32. The number of rotatable bonds is 8. The smallest absolute Gasteiger partial charge is 0.341 e. The minimum absolute atomic E-state index is 0.181. The van der Waals surface area contributed by atoms with Crippen LogP contribution in [0.2, 0.25) is 18.1 Å². The molecule has 1 aromatic rings. The summed E-state index contributed by atoms with van der Waals surface area (Å²) in [5, 5.41) is 0. The van der Waals surface area contributed by atoms with Gasteiger partial charge in [0.15, 0.2) is 11.6 Å². The third-order valence-corrected chi connectivity index (χ3v) is 10.6. The largest absolute Gasteiger partial charge is 0.491 e. The first-order valence-electron chi connectivity index (χ1n) is 11.8. The molecule has 1 heterocycles. The molecule has 0 amide bonds. The van der Waals surface area contributed by atoms with Gasteiger partial charge in [-0.25, -0.2) is 9.18 Å². The van der Waals surface area contributed by atoms with Crippen molar-refractivity contribution in [2.45, 2.75) is 89.5 Å². The van der Waals surface area contributed by atoms with E-state index in [1.54, 1.807) is 6.92 Å². The summed E-state index contributed by atoms with van der Waals surface area (Å²) in [4.78, 5) is 12.4. The lowest BCUT2D eigenvalue weighted by atomic mass is 9.76. The van der Waals surface area contributed by atoms with E-state index in [2.05, 4.69) is 6.92 Å². The molecule has 0 bridgehead atoms. The predicted molar refractivity (Wildman–Crippen MR) is 118 cm³/mol. The van der Waals surface area contributed by atoms with Crippen molar-refractivity contribution in [2.75, 3.05) is 6.61 Å². The highest BCUT2D eigenvalue weighted by atomic mass is 28.3. The summed E-state index contributed by atoms with van der Waals surface area (Å²) in [6.45, 7) is 4.20. The van der Waals surface area contributed by atoms with E-state index < -0.39 is 26.4 Å². The van der Waals surface area contributed by atoms with Crippen molar-refractivity contribution in [3.05, 3.63) is 29.3 Å². The standard InChI is InChI=1S/C24H36F2O3Si/c1-3-5-14-30-15-12-18(13-16-30)17-6-8-19(9-7-17)29-24(27)20-10-11-21(28-4-2)23(26)22(20)25/h10-11,17-19,30H,3-9,12-16H2,1-2H3. The van der Waals surface area contributed by atoms with Crippen molar-refractivity contribution in [1.82, 2.24) is 0 Å². The number of halogens is 2. The number of carbonyl (C=O) groups is 1. The Morgan fingerprint density at radius 1 is 1.00 bits per heavy atom. The van der Waals surface area contributed by atoms with Gasteiger partial charge in [0.25, 0.3) is 0 Å². The van der Waals surface area contributed by atoms with Crippen LogP contribution in [0.5, 0.6) is 5.75 Å². The molecule has 3 nitrogen and oxygen atoms in total. The van der Waals surface area contributed by atoms with Gasteiger partial charge in [0.1, 0.15) is 6.10 Å². The van der Waals surface area contributed by atoms with Crippen LogP contribution in [0.3, 0.4) is 0 Å². The Labute approximate surface area is 181 Å². The molecule has 2 fully saturated rings. The molecule has 30 heavy (non-hydrogen) atoms. The fourth-order valence-electron chi connectivity index (χ4n) is 5.29. The predicted octanol–water partition coefficient (Wildman–Crippen LogP) is 6.52. The van der Waals surface area contributed by atoms with Crippen molar-refractivity contribution in [2.24, 2.45) is 11.8 Å². The van der Waals surface area contributed by atoms with Crippen LogP contribution in [0.1, 0.15) is 75.6 Å². The van der Waals surface area contributed by atoms with Crippen molar-refractivity contribution >= 4 is 14.8 Å². The van der Waals surface area contributed by atoms with Gasteiger partial charge < -0.3 is 9.47 Å². The summed E-state index contributed by atoms with van der Waals surface area (Å²) < 4.78 is 38.9. The Balaban J connectivity index is 1.46. The van der Waals surface area contributed by atoms with Crippen LogP contribution in [0.4, 0.5) is 8.78 Å². The van der Waals surface area contributed by atoms with Gasteiger partial charge >= 0.3 is 5.97 Å². The quantitative estimate of drug-likeness (QED) is 0.342. The molecule has 1 aromatic carbocycles. The number of hydrogen-bond acceptors (Lipinski definition) is 3. The molecule has 1 aliphatic heterocycles. The molecule has 3 rings (SSSR count). The second-order valence-electron chi connectivity index (χ2n) is 9.04. The topological polar surface area (TPSA) is 35.5 Å². The summed E-state index contributed by atoms with van der Waals surface area (Å²) in [7, 11) is -0.466. The van der Waals surface area contributed by atoms with Gasteiger partial charge in [-0.1, -0.05) is 50.7 Å².